The SMILES string of the molecule is O=C(O)c1cc(S(=O)(=O)N2CCCC(CCO)C2)c(Br)o1. The van der Waals surface area contributed by atoms with E-state index in [1.165, 1.54) is 4.31 Å². The molecule has 1 aromatic heterocycles. The number of carboxylic acids is 1. The molecule has 2 rings (SSSR count). The molecular weight excluding hydrogens is 366 g/mol. The first-order valence-corrected chi connectivity index (χ1v) is 8.73. The molecule has 0 spiro atoms. The number of rotatable bonds is 5. The van der Waals surface area contributed by atoms with Crippen molar-refractivity contribution in [2.45, 2.75) is 24.2 Å². The summed E-state index contributed by atoms with van der Waals surface area (Å²) < 4.78 is 31.3. The van der Waals surface area contributed by atoms with Crippen LogP contribution in [-0.2, 0) is 10.0 Å². The third kappa shape index (κ3) is 3.47. The van der Waals surface area contributed by atoms with Crippen molar-refractivity contribution in [3.8, 4) is 0 Å². The van der Waals surface area contributed by atoms with Gasteiger partial charge in [0.25, 0.3) is 0 Å². The van der Waals surface area contributed by atoms with E-state index in [4.69, 9.17) is 14.6 Å². The second-order valence-corrected chi connectivity index (χ2v) is 7.56. The smallest absolute Gasteiger partial charge is 0.371 e. The fourth-order valence-electron chi connectivity index (χ4n) is 2.44. The molecule has 0 bridgehead atoms. The lowest BCUT2D eigenvalue weighted by molar-refractivity contribution is 0.0661. The predicted molar refractivity (Wildman–Crippen MR) is 76.6 cm³/mol. The molecule has 1 aliphatic rings. The van der Waals surface area contributed by atoms with Gasteiger partial charge >= 0.3 is 5.97 Å². The van der Waals surface area contributed by atoms with Crippen molar-refractivity contribution in [1.82, 2.24) is 4.31 Å². The Morgan fingerprint density at radius 3 is 2.81 bits per heavy atom. The normalized spacial score (nSPS) is 20.6. The summed E-state index contributed by atoms with van der Waals surface area (Å²) in [5.74, 6) is -1.64. The van der Waals surface area contributed by atoms with E-state index in [1.807, 2.05) is 0 Å². The van der Waals surface area contributed by atoms with Crippen molar-refractivity contribution in [3.05, 3.63) is 16.5 Å². The quantitative estimate of drug-likeness (QED) is 0.800. The van der Waals surface area contributed by atoms with Crippen molar-refractivity contribution >= 4 is 31.9 Å². The monoisotopic (exact) mass is 381 g/mol. The number of aliphatic hydroxyl groups is 1. The number of sulfonamides is 1. The molecule has 1 atom stereocenters. The van der Waals surface area contributed by atoms with E-state index < -0.39 is 21.8 Å². The maximum absolute atomic E-state index is 12.6. The first kappa shape index (κ1) is 16.5. The van der Waals surface area contributed by atoms with Crippen LogP contribution in [0.5, 0.6) is 0 Å². The first-order chi connectivity index (χ1) is 9.86. The minimum Gasteiger partial charge on any atom is -0.475 e. The van der Waals surface area contributed by atoms with Crippen molar-refractivity contribution in [3.63, 3.8) is 0 Å². The van der Waals surface area contributed by atoms with E-state index in [0.29, 0.717) is 25.9 Å². The number of aromatic carboxylic acids is 1. The van der Waals surface area contributed by atoms with Crippen LogP contribution in [0.2, 0.25) is 0 Å². The fraction of sp³-hybridized carbons (Fsp3) is 0.583. The highest BCUT2D eigenvalue weighted by molar-refractivity contribution is 9.10. The Labute approximate surface area is 130 Å². The molecule has 0 aromatic carbocycles. The van der Waals surface area contributed by atoms with Crippen LogP contribution in [0.4, 0.5) is 0 Å². The molecule has 2 N–H and O–H groups in total. The molecule has 0 saturated carbocycles. The van der Waals surface area contributed by atoms with Gasteiger partial charge in [0.05, 0.1) is 0 Å². The number of aliphatic hydroxyl groups excluding tert-OH is 1. The van der Waals surface area contributed by atoms with Crippen molar-refractivity contribution in [2.24, 2.45) is 5.92 Å². The molecule has 1 aromatic rings. The van der Waals surface area contributed by atoms with Gasteiger partial charge in [-0.25, -0.2) is 13.2 Å². The van der Waals surface area contributed by atoms with Crippen LogP contribution in [0.25, 0.3) is 0 Å². The lowest BCUT2D eigenvalue weighted by atomic mass is 9.97. The van der Waals surface area contributed by atoms with E-state index >= 15 is 0 Å². The van der Waals surface area contributed by atoms with Gasteiger partial charge in [-0.3, -0.25) is 0 Å². The first-order valence-electron chi connectivity index (χ1n) is 6.50. The molecule has 1 fully saturated rings. The lowest BCUT2D eigenvalue weighted by Crippen LogP contribution is -2.40. The number of furan rings is 1. The molecule has 0 amide bonds. The molecule has 0 aliphatic carbocycles. The second kappa shape index (κ2) is 6.47. The van der Waals surface area contributed by atoms with Gasteiger partial charge < -0.3 is 14.6 Å². The molecule has 1 aliphatic heterocycles. The third-order valence-electron chi connectivity index (χ3n) is 3.50. The highest BCUT2D eigenvalue weighted by Crippen LogP contribution is 2.31. The molecular formula is C12H16BrNO6S. The van der Waals surface area contributed by atoms with Crippen LogP contribution in [0.1, 0.15) is 29.8 Å². The number of carboxylic acid groups (broad SMARTS) is 1. The summed E-state index contributed by atoms with van der Waals surface area (Å²) in [4.78, 5) is 10.7. The van der Waals surface area contributed by atoms with Crippen LogP contribution < -0.4 is 0 Å². The van der Waals surface area contributed by atoms with Crippen molar-refractivity contribution in [1.29, 1.82) is 0 Å². The van der Waals surface area contributed by atoms with Gasteiger partial charge in [-0.2, -0.15) is 4.31 Å². The van der Waals surface area contributed by atoms with Crippen molar-refractivity contribution in [2.75, 3.05) is 19.7 Å². The van der Waals surface area contributed by atoms with Crippen LogP contribution >= 0.6 is 15.9 Å². The Morgan fingerprint density at radius 1 is 1.52 bits per heavy atom. The summed E-state index contributed by atoms with van der Waals surface area (Å²) in [7, 11) is -3.81. The number of halogens is 1. The number of carbonyl (C=O) groups is 1. The van der Waals surface area contributed by atoms with E-state index in [1.54, 1.807) is 0 Å². The maximum Gasteiger partial charge on any atom is 0.371 e. The highest BCUT2D eigenvalue weighted by atomic mass is 79.9. The van der Waals surface area contributed by atoms with E-state index in [2.05, 4.69) is 15.9 Å². The van der Waals surface area contributed by atoms with E-state index in [9.17, 15) is 13.2 Å². The summed E-state index contributed by atoms with van der Waals surface area (Å²) in [5.41, 5.74) is 0. The molecule has 9 heteroatoms. The maximum atomic E-state index is 12.6. The third-order valence-corrected chi connectivity index (χ3v) is 6.23. The van der Waals surface area contributed by atoms with Crippen LogP contribution in [0.3, 0.4) is 0 Å². The lowest BCUT2D eigenvalue weighted by Gasteiger charge is -2.31. The Bertz CT molecular complexity index is 624. The number of hydrogen-bond donors (Lipinski definition) is 2. The summed E-state index contributed by atoms with van der Waals surface area (Å²) in [6.45, 7) is 0.727. The second-order valence-electron chi connectivity index (χ2n) is 4.94. The van der Waals surface area contributed by atoms with Gasteiger partial charge in [-0.05, 0) is 41.1 Å². The largest absolute Gasteiger partial charge is 0.475 e. The Morgan fingerprint density at radius 2 is 2.24 bits per heavy atom. The molecule has 7 nitrogen and oxygen atoms in total. The molecule has 2 heterocycles. The number of hydrogen-bond acceptors (Lipinski definition) is 5. The van der Waals surface area contributed by atoms with Crippen LogP contribution in [0.15, 0.2) is 20.0 Å². The van der Waals surface area contributed by atoms with Crippen molar-refractivity contribution < 1.29 is 27.8 Å². The average Bonchev–Trinajstić information content (AvgIpc) is 2.82. The highest BCUT2D eigenvalue weighted by Gasteiger charge is 2.33. The fourth-order valence-corrected chi connectivity index (χ4v) is 4.89. The average molecular weight is 382 g/mol. The van der Waals surface area contributed by atoms with E-state index in [-0.39, 0.29) is 22.1 Å². The zero-order valence-corrected chi connectivity index (χ0v) is 13.6. The molecule has 1 saturated heterocycles. The zero-order chi connectivity index (χ0) is 15.6. The van der Waals surface area contributed by atoms with Gasteiger partial charge in [-0.1, -0.05) is 0 Å². The molecule has 0 radical (unpaired) electrons. The summed E-state index contributed by atoms with van der Waals surface area (Å²) >= 11 is 2.96. The van der Waals surface area contributed by atoms with Gasteiger partial charge in [0.15, 0.2) is 4.67 Å². The van der Waals surface area contributed by atoms with Crippen LogP contribution in [0, 0.1) is 5.92 Å². The standard InChI is InChI=1S/C12H16BrNO6S/c13-11-10(6-9(20-11)12(16)17)21(18,19)14-4-1-2-8(7-14)3-5-15/h6,8,15H,1-5,7H2,(H,16,17). The summed E-state index contributed by atoms with van der Waals surface area (Å²) in [6.07, 6.45) is 2.14. The minimum atomic E-state index is -3.81. The van der Waals surface area contributed by atoms with E-state index in [0.717, 1.165) is 12.5 Å². The van der Waals surface area contributed by atoms with Gasteiger partial charge in [-0.15, -0.1) is 0 Å². The number of nitrogens with zero attached hydrogens (tertiary/aromatic N) is 1. The topological polar surface area (TPSA) is 108 Å². The molecule has 118 valence electrons. The van der Waals surface area contributed by atoms with Gasteiger partial charge in [0.1, 0.15) is 4.90 Å². The Balaban J connectivity index is 2.27. The predicted octanol–water partition coefficient (Wildman–Crippen LogP) is 1.52. The van der Waals surface area contributed by atoms with Gasteiger partial charge in [0.2, 0.25) is 15.8 Å². The molecule has 21 heavy (non-hydrogen) atoms. The van der Waals surface area contributed by atoms with Gasteiger partial charge in [0, 0.05) is 25.8 Å². The Kier molecular flexibility index (Phi) is 5.07. The Hall–Kier alpha value is -0.900. The zero-order valence-electron chi connectivity index (χ0n) is 11.2. The summed E-state index contributed by atoms with van der Waals surface area (Å²) in [5, 5.41) is 17.8. The number of piperidine rings is 1. The minimum absolute atomic E-state index is 0.0249. The van der Waals surface area contributed by atoms with Crippen LogP contribution in [-0.4, -0.2) is 48.6 Å². The summed E-state index contributed by atoms with van der Waals surface area (Å²) in [6, 6.07) is 1.01. The molecule has 1 unspecified atom stereocenters.